The summed E-state index contributed by atoms with van der Waals surface area (Å²) in [5, 5.41) is 0. The lowest BCUT2D eigenvalue weighted by atomic mass is 10.2. The Hall–Kier alpha value is -1.72. The Kier molecular flexibility index (Phi) is 5.09. The zero-order chi connectivity index (χ0) is 15.3. The van der Waals surface area contributed by atoms with E-state index >= 15 is 0 Å². The Morgan fingerprint density at radius 2 is 1.95 bits per heavy atom. The zero-order valence-corrected chi connectivity index (χ0v) is 13.2. The first-order valence-electron chi connectivity index (χ1n) is 6.96. The van der Waals surface area contributed by atoms with E-state index in [2.05, 4.69) is 9.71 Å². The second-order valence-corrected chi connectivity index (χ2v) is 6.83. The van der Waals surface area contributed by atoms with E-state index < -0.39 is 10.0 Å². The summed E-state index contributed by atoms with van der Waals surface area (Å²) >= 11 is 0. The molecule has 1 aromatic heterocycles. The molecule has 0 saturated carbocycles. The van der Waals surface area contributed by atoms with Gasteiger partial charge in [0.25, 0.3) is 0 Å². The van der Waals surface area contributed by atoms with Crippen molar-refractivity contribution >= 4 is 10.0 Å². The van der Waals surface area contributed by atoms with Gasteiger partial charge in [-0.3, -0.25) is 4.98 Å². The number of nitrogens with zero attached hydrogens (tertiary/aromatic N) is 1. The number of hydrogen-bond donors (Lipinski definition) is 1. The van der Waals surface area contributed by atoms with E-state index in [0.717, 1.165) is 29.7 Å². The van der Waals surface area contributed by atoms with Crippen LogP contribution >= 0.6 is 0 Å². The number of sulfonamides is 1. The molecule has 0 saturated heterocycles. The largest absolute Gasteiger partial charge is 0.261 e. The third-order valence-electron chi connectivity index (χ3n) is 3.26. The number of hydrogen-bond acceptors (Lipinski definition) is 3. The highest BCUT2D eigenvalue weighted by Crippen LogP contribution is 2.16. The average Bonchev–Trinajstić information content (AvgIpc) is 2.47. The van der Waals surface area contributed by atoms with Gasteiger partial charge in [-0.25, -0.2) is 13.1 Å². The minimum atomic E-state index is -3.44. The fourth-order valence-electron chi connectivity index (χ4n) is 2.10. The minimum Gasteiger partial charge on any atom is -0.261 e. The molecule has 2 aromatic rings. The number of aromatic nitrogens is 1. The van der Waals surface area contributed by atoms with Crippen LogP contribution in [-0.2, 0) is 16.4 Å². The van der Waals surface area contributed by atoms with Crippen molar-refractivity contribution < 1.29 is 8.42 Å². The molecule has 112 valence electrons. The molecule has 0 aliphatic heterocycles. The summed E-state index contributed by atoms with van der Waals surface area (Å²) < 4.78 is 27.2. The molecule has 1 aromatic carbocycles. The smallest absolute Gasteiger partial charge is 0.240 e. The van der Waals surface area contributed by atoms with E-state index in [1.54, 1.807) is 12.3 Å². The quantitative estimate of drug-likeness (QED) is 0.835. The Morgan fingerprint density at radius 3 is 2.67 bits per heavy atom. The van der Waals surface area contributed by atoms with Crippen LogP contribution in [0, 0.1) is 13.8 Å². The number of nitrogens with one attached hydrogen (secondary N) is 1. The van der Waals surface area contributed by atoms with Gasteiger partial charge in [0, 0.05) is 18.4 Å². The summed E-state index contributed by atoms with van der Waals surface area (Å²) in [5.74, 6) is 0. The lowest BCUT2D eigenvalue weighted by Crippen LogP contribution is -2.26. The fraction of sp³-hybridized carbons (Fsp3) is 0.312. The van der Waals surface area contributed by atoms with Gasteiger partial charge in [-0.2, -0.15) is 0 Å². The van der Waals surface area contributed by atoms with Crippen molar-refractivity contribution in [2.75, 3.05) is 6.54 Å². The maximum absolute atomic E-state index is 12.3. The van der Waals surface area contributed by atoms with Crippen LogP contribution in [0.15, 0.2) is 47.5 Å². The minimum absolute atomic E-state index is 0.361. The van der Waals surface area contributed by atoms with E-state index in [0.29, 0.717) is 11.4 Å². The molecule has 0 radical (unpaired) electrons. The highest BCUT2D eigenvalue weighted by Gasteiger charge is 2.16. The van der Waals surface area contributed by atoms with E-state index in [-0.39, 0.29) is 0 Å². The fourth-order valence-corrected chi connectivity index (χ4v) is 3.50. The molecule has 1 N–H and O–H groups in total. The standard InChI is InChI=1S/C16H20N2O2S/c1-13-8-9-14(2)16(12-13)21(19,20)18-11-5-7-15-6-3-4-10-17-15/h3-4,6,8-10,12,18H,5,7,11H2,1-2H3. The van der Waals surface area contributed by atoms with Crippen molar-refractivity contribution in [1.29, 1.82) is 0 Å². The lowest BCUT2D eigenvalue weighted by Gasteiger charge is -2.10. The maximum atomic E-state index is 12.3. The predicted molar refractivity (Wildman–Crippen MR) is 83.7 cm³/mol. The summed E-state index contributed by atoms with van der Waals surface area (Å²) in [4.78, 5) is 4.58. The Balaban J connectivity index is 1.94. The van der Waals surface area contributed by atoms with E-state index in [1.807, 2.05) is 44.2 Å². The van der Waals surface area contributed by atoms with Gasteiger partial charge in [0.1, 0.15) is 0 Å². The van der Waals surface area contributed by atoms with Gasteiger partial charge in [-0.05, 0) is 56.0 Å². The Bertz CT molecular complexity index is 697. The van der Waals surface area contributed by atoms with Crippen LogP contribution in [-0.4, -0.2) is 19.9 Å². The number of rotatable bonds is 6. The molecule has 0 aliphatic carbocycles. The molecular weight excluding hydrogens is 284 g/mol. The number of aryl methyl sites for hydroxylation is 3. The SMILES string of the molecule is Cc1ccc(C)c(S(=O)(=O)NCCCc2ccccn2)c1. The average molecular weight is 304 g/mol. The molecule has 0 bridgehead atoms. The first-order valence-corrected chi connectivity index (χ1v) is 8.44. The van der Waals surface area contributed by atoms with Gasteiger partial charge in [0.15, 0.2) is 0 Å². The normalized spacial score (nSPS) is 11.5. The highest BCUT2D eigenvalue weighted by atomic mass is 32.2. The van der Waals surface area contributed by atoms with Crippen molar-refractivity contribution in [3.63, 3.8) is 0 Å². The summed E-state index contributed by atoms with van der Waals surface area (Å²) in [7, 11) is -3.44. The molecule has 5 heteroatoms. The molecule has 0 atom stereocenters. The van der Waals surface area contributed by atoms with E-state index in [4.69, 9.17) is 0 Å². The summed E-state index contributed by atoms with van der Waals surface area (Å²) in [6.07, 6.45) is 3.23. The van der Waals surface area contributed by atoms with Crippen LogP contribution in [0.3, 0.4) is 0 Å². The van der Waals surface area contributed by atoms with Crippen LogP contribution in [0.2, 0.25) is 0 Å². The van der Waals surface area contributed by atoms with Crippen molar-refractivity contribution in [1.82, 2.24) is 9.71 Å². The molecule has 0 unspecified atom stereocenters. The third kappa shape index (κ3) is 4.37. The van der Waals surface area contributed by atoms with Crippen LogP contribution < -0.4 is 4.72 Å². The van der Waals surface area contributed by atoms with Gasteiger partial charge in [0.05, 0.1) is 4.90 Å². The van der Waals surface area contributed by atoms with E-state index in [1.165, 1.54) is 0 Å². The number of pyridine rings is 1. The molecule has 0 aliphatic rings. The van der Waals surface area contributed by atoms with Gasteiger partial charge in [-0.1, -0.05) is 18.2 Å². The van der Waals surface area contributed by atoms with Gasteiger partial charge < -0.3 is 0 Å². The van der Waals surface area contributed by atoms with Gasteiger partial charge in [-0.15, -0.1) is 0 Å². The van der Waals surface area contributed by atoms with Crippen molar-refractivity contribution in [3.8, 4) is 0 Å². The number of benzene rings is 1. The predicted octanol–water partition coefficient (Wildman–Crippen LogP) is 2.61. The summed E-state index contributed by atoms with van der Waals surface area (Å²) in [6.45, 7) is 4.10. The van der Waals surface area contributed by atoms with Crippen molar-refractivity contribution in [2.45, 2.75) is 31.6 Å². The van der Waals surface area contributed by atoms with Crippen LogP contribution in [0.1, 0.15) is 23.2 Å². The van der Waals surface area contributed by atoms with E-state index in [9.17, 15) is 8.42 Å². The molecule has 0 fully saturated rings. The van der Waals surface area contributed by atoms with Crippen LogP contribution in [0.4, 0.5) is 0 Å². The lowest BCUT2D eigenvalue weighted by molar-refractivity contribution is 0.578. The molecule has 4 nitrogen and oxygen atoms in total. The second-order valence-electron chi connectivity index (χ2n) is 5.09. The second kappa shape index (κ2) is 6.83. The summed E-state index contributed by atoms with van der Waals surface area (Å²) in [6, 6.07) is 11.2. The molecule has 21 heavy (non-hydrogen) atoms. The van der Waals surface area contributed by atoms with Gasteiger partial charge >= 0.3 is 0 Å². The Morgan fingerprint density at radius 1 is 1.14 bits per heavy atom. The first-order chi connectivity index (χ1) is 9.99. The molecule has 1 heterocycles. The third-order valence-corrected chi connectivity index (χ3v) is 4.86. The summed E-state index contributed by atoms with van der Waals surface area (Å²) in [5.41, 5.74) is 2.68. The zero-order valence-electron chi connectivity index (χ0n) is 12.3. The van der Waals surface area contributed by atoms with Crippen LogP contribution in [0.25, 0.3) is 0 Å². The van der Waals surface area contributed by atoms with Crippen molar-refractivity contribution in [3.05, 3.63) is 59.4 Å². The highest BCUT2D eigenvalue weighted by molar-refractivity contribution is 7.89. The maximum Gasteiger partial charge on any atom is 0.240 e. The molecule has 0 spiro atoms. The first kappa shape index (κ1) is 15.7. The van der Waals surface area contributed by atoms with Gasteiger partial charge in [0.2, 0.25) is 10.0 Å². The molecule has 2 rings (SSSR count). The topological polar surface area (TPSA) is 59.1 Å². The molecular formula is C16H20N2O2S. The Labute approximate surface area is 126 Å². The monoisotopic (exact) mass is 304 g/mol. The molecule has 0 amide bonds. The van der Waals surface area contributed by atoms with Crippen molar-refractivity contribution in [2.24, 2.45) is 0 Å². The van der Waals surface area contributed by atoms with Crippen LogP contribution in [0.5, 0.6) is 0 Å².